The van der Waals surface area contributed by atoms with Crippen LogP contribution in [0.2, 0.25) is 10.0 Å². The lowest BCUT2D eigenvalue weighted by molar-refractivity contribution is -0.106. The van der Waals surface area contributed by atoms with Crippen molar-refractivity contribution in [1.82, 2.24) is 9.80 Å². The minimum Gasteiger partial charge on any atom is -0.392 e. The van der Waals surface area contributed by atoms with Crippen LogP contribution >= 0.6 is 23.2 Å². The molecule has 4 aliphatic heterocycles. The molecule has 200 valence electrons. The van der Waals surface area contributed by atoms with Crippen LogP contribution in [-0.2, 0) is 17.8 Å². The highest BCUT2D eigenvalue weighted by Crippen LogP contribution is 2.42. The third-order valence-electron chi connectivity index (χ3n) is 7.56. The number of amides is 2. The third-order valence-corrected chi connectivity index (χ3v) is 8.12. The molecule has 3 aromatic rings. The molecule has 38 heavy (non-hydrogen) atoms. The van der Waals surface area contributed by atoms with Gasteiger partial charge >= 0.3 is 0 Å². The van der Waals surface area contributed by atoms with Gasteiger partial charge in [-0.25, -0.2) is 0 Å². The number of aliphatic hydroxyl groups is 1. The van der Waals surface area contributed by atoms with Gasteiger partial charge in [0.1, 0.15) is 0 Å². The van der Waals surface area contributed by atoms with Crippen LogP contribution in [0.4, 0.5) is 0 Å². The van der Waals surface area contributed by atoms with Gasteiger partial charge in [-0.05, 0) is 73.2 Å². The number of benzene rings is 3. The summed E-state index contributed by atoms with van der Waals surface area (Å²) in [6.45, 7) is 3.43. The van der Waals surface area contributed by atoms with E-state index < -0.39 is 0 Å². The lowest BCUT2D eigenvalue weighted by Crippen LogP contribution is -2.60. The zero-order valence-corrected chi connectivity index (χ0v) is 22.7. The summed E-state index contributed by atoms with van der Waals surface area (Å²) in [7, 11) is 0. The minimum absolute atomic E-state index is 0.0392. The zero-order valence-electron chi connectivity index (χ0n) is 21.2. The maximum Gasteiger partial charge on any atom is 0.254 e. The van der Waals surface area contributed by atoms with E-state index in [1.807, 2.05) is 60.7 Å². The Bertz CT molecular complexity index is 1230. The fraction of sp³-hybridized carbons (Fsp3) is 0.333. The first-order valence-corrected chi connectivity index (χ1v) is 13.6. The Morgan fingerprint density at radius 1 is 0.974 bits per heavy atom. The molecule has 2 atom stereocenters. The molecule has 8 heteroatoms. The molecule has 0 aliphatic carbocycles. The van der Waals surface area contributed by atoms with E-state index in [-0.39, 0.29) is 31.0 Å². The number of aliphatic hydroxyl groups excluding tert-OH is 1. The molecule has 0 unspecified atom stereocenters. The van der Waals surface area contributed by atoms with Gasteiger partial charge in [0, 0.05) is 28.2 Å². The van der Waals surface area contributed by atoms with Crippen LogP contribution in [0.25, 0.3) is 0 Å². The normalized spacial score (nSPS) is 23.3. The van der Waals surface area contributed by atoms with Gasteiger partial charge in [0.2, 0.25) is 6.41 Å². The van der Waals surface area contributed by atoms with E-state index in [2.05, 4.69) is 21.6 Å². The number of hydrogen-bond donors (Lipinski definition) is 2. The quantitative estimate of drug-likeness (QED) is 0.441. The largest absolute Gasteiger partial charge is 0.392 e. The van der Waals surface area contributed by atoms with Crippen LogP contribution in [0.15, 0.2) is 72.8 Å². The van der Waals surface area contributed by atoms with E-state index in [0.29, 0.717) is 16.0 Å². The molecule has 3 saturated heterocycles. The van der Waals surface area contributed by atoms with Gasteiger partial charge < -0.3 is 20.6 Å². The van der Waals surface area contributed by atoms with E-state index in [4.69, 9.17) is 33.1 Å². The molecule has 0 spiro atoms. The van der Waals surface area contributed by atoms with E-state index in [1.165, 1.54) is 12.8 Å². The average Bonchev–Trinajstić information content (AvgIpc) is 2.95. The van der Waals surface area contributed by atoms with E-state index in [9.17, 15) is 4.79 Å². The molecule has 4 heterocycles. The summed E-state index contributed by atoms with van der Waals surface area (Å²) in [5.74, 6) is 0.726. The summed E-state index contributed by atoms with van der Waals surface area (Å²) >= 11 is 12.7. The van der Waals surface area contributed by atoms with Crippen molar-refractivity contribution in [3.63, 3.8) is 0 Å². The lowest BCUT2D eigenvalue weighted by atomic mass is 9.79. The zero-order chi connectivity index (χ0) is 27.1. The molecule has 7 rings (SSSR count). The van der Waals surface area contributed by atoms with Gasteiger partial charge in [0.05, 0.1) is 12.6 Å². The van der Waals surface area contributed by atoms with E-state index in [1.54, 1.807) is 6.07 Å². The maximum absolute atomic E-state index is 13.6. The highest BCUT2D eigenvalue weighted by atomic mass is 35.5. The van der Waals surface area contributed by atoms with Gasteiger partial charge in [-0.2, -0.15) is 0 Å². The lowest BCUT2D eigenvalue weighted by Gasteiger charge is -2.52. The topological polar surface area (TPSA) is 86.9 Å². The molecule has 4 aliphatic rings. The minimum atomic E-state index is -0.0392. The standard InChI is InChI=1S/C22H22Cl2N2O.C7H8O.CH3NO/c23-16-5-6-18(19(24)12-16)20-11-15-3-1-2-4-17(15)22(27)26(20)21-13-25-9-7-14(21)8-10-25;8-6-7-4-2-1-3-5-7;2-1-3/h1-6,12,14,20-21H,7-11,13H2;1-5,8H,6H2;1H,(H2,2,3)/t20-,21+;;/m1../s1. The summed E-state index contributed by atoms with van der Waals surface area (Å²) in [5.41, 5.74) is 8.08. The average molecular weight is 555 g/mol. The molecule has 0 radical (unpaired) electrons. The first-order valence-electron chi connectivity index (χ1n) is 12.8. The molecule has 0 saturated carbocycles. The number of halogens is 2. The fourth-order valence-electron chi connectivity index (χ4n) is 5.74. The molecule has 3 fully saturated rings. The molecule has 3 N–H and O–H groups in total. The Balaban J connectivity index is 0.000000258. The second-order valence-electron chi connectivity index (χ2n) is 9.74. The predicted octanol–water partition coefficient (Wildman–Crippen LogP) is 5.11. The van der Waals surface area contributed by atoms with Crippen LogP contribution < -0.4 is 5.73 Å². The smallest absolute Gasteiger partial charge is 0.254 e. The SMILES string of the molecule is NC=O.O=C1c2ccccc2C[C@H](c2ccc(Cl)cc2Cl)N1[C@H]1CN2CCC1CC2.OCc1ccccc1. The maximum atomic E-state index is 13.6. The van der Waals surface area contributed by atoms with Crippen molar-refractivity contribution in [3.05, 3.63) is 105 Å². The number of nitrogens with zero attached hydrogens (tertiary/aromatic N) is 2. The Morgan fingerprint density at radius 3 is 2.21 bits per heavy atom. The highest BCUT2D eigenvalue weighted by molar-refractivity contribution is 6.35. The Labute approximate surface area is 234 Å². The molecule has 6 nitrogen and oxygen atoms in total. The first-order chi connectivity index (χ1) is 18.5. The van der Waals surface area contributed by atoms with Gasteiger partial charge in [0.15, 0.2) is 0 Å². The molecule has 2 bridgehead atoms. The summed E-state index contributed by atoms with van der Waals surface area (Å²) in [5, 5.41) is 9.81. The Morgan fingerprint density at radius 2 is 1.63 bits per heavy atom. The number of fused-ring (bicyclic) bond motifs is 4. The van der Waals surface area contributed by atoms with Crippen LogP contribution in [0.1, 0.15) is 45.9 Å². The number of nitrogens with two attached hydrogens (primary N) is 1. The van der Waals surface area contributed by atoms with Crippen molar-refractivity contribution in [2.75, 3.05) is 19.6 Å². The number of hydrogen-bond acceptors (Lipinski definition) is 4. The van der Waals surface area contributed by atoms with Crippen LogP contribution in [0.5, 0.6) is 0 Å². The third kappa shape index (κ3) is 6.38. The summed E-state index contributed by atoms with van der Waals surface area (Å²) < 4.78 is 0. The van der Waals surface area contributed by atoms with Crippen molar-refractivity contribution < 1.29 is 14.7 Å². The Hall–Kier alpha value is -2.90. The van der Waals surface area contributed by atoms with E-state index >= 15 is 0 Å². The van der Waals surface area contributed by atoms with Gasteiger partial charge in [-0.1, -0.05) is 77.8 Å². The first kappa shape index (κ1) is 28.1. The molecule has 3 aromatic carbocycles. The van der Waals surface area contributed by atoms with Gasteiger partial charge in [0.25, 0.3) is 5.91 Å². The van der Waals surface area contributed by atoms with Crippen LogP contribution in [0, 0.1) is 5.92 Å². The summed E-state index contributed by atoms with van der Waals surface area (Å²) in [6.07, 6.45) is 3.40. The predicted molar refractivity (Wildman–Crippen MR) is 151 cm³/mol. The fourth-order valence-corrected chi connectivity index (χ4v) is 6.27. The summed E-state index contributed by atoms with van der Waals surface area (Å²) in [4.78, 5) is 26.8. The van der Waals surface area contributed by atoms with Gasteiger partial charge in [-0.3, -0.25) is 9.59 Å². The number of rotatable bonds is 3. The second-order valence-corrected chi connectivity index (χ2v) is 10.6. The molecule has 2 amide bonds. The van der Waals surface area contributed by atoms with Crippen molar-refractivity contribution in [2.24, 2.45) is 11.7 Å². The molecular weight excluding hydrogens is 521 g/mol. The second kappa shape index (κ2) is 13.3. The van der Waals surface area contributed by atoms with Crippen LogP contribution in [0.3, 0.4) is 0 Å². The number of carbonyl (C=O) groups excluding carboxylic acids is 2. The number of carbonyl (C=O) groups is 2. The van der Waals surface area contributed by atoms with Crippen LogP contribution in [-0.4, -0.2) is 52.9 Å². The number of piperidine rings is 3. The van der Waals surface area contributed by atoms with Crippen molar-refractivity contribution >= 4 is 35.5 Å². The monoisotopic (exact) mass is 553 g/mol. The highest BCUT2D eigenvalue weighted by Gasteiger charge is 2.45. The molecular formula is C30H33Cl2N3O3. The number of primary amides is 1. The Kier molecular flexibility index (Phi) is 9.80. The summed E-state index contributed by atoms with van der Waals surface area (Å²) in [6, 6.07) is 23.4. The van der Waals surface area contributed by atoms with Crippen molar-refractivity contribution in [1.29, 1.82) is 0 Å². The van der Waals surface area contributed by atoms with Gasteiger partial charge in [-0.15, -0.1) is 0 Å². The van der Waals surface area contributed by atoms with E-state index in [0.717, 1.165) is 48.3 Å². The van der Waals surface area contributed by atoms with Crippen molar-refractivity contribution in [2.45, 2.75) is 38.0 Å². The van der Waals surface area contributed by atoms with Crippen molar-refractivity contribution in [3.8, 4) is 0 Å². The molecule has 0 aromatic heterocycles.